The monoisotopic (exact) mass is 254 g/mol. The second-order valence-corrected chi connectivity index (χ2v) is 4.96. The summed E-state index contributed by atoms with van der Waals surface area (Å²) in [6.45, 7) is 0.345. The molecule has 2 atom stereocenters. The normalized spacial score (nSPS) is 23.1. The van der Waals surface area contributed by atoms with Crippen LogP contribution in [-0.2, 0) is 16.1 Å². The molecule has 1 N–H and O–H groups in total. The van der Waals surface area contributed by atoms with E-state index in [9.17, 15) is 4.79 Å². The van der Waals surface area contributed by atoms with Gasteiger partial charge in [-0.05, 0) is 6.42 Å². The van der Waals surface area contributed by atoms with Gasteiger partial charge in [0, 0.05) is 13.0 Å². The standard InChI is InChI=1S/C9H10N4O3S/c1-16-3-6-10-11-9-13(6)12-7(17-9)4-2-5(4)8(14)15/h4-5H,2-3H2,1H3,(H,14,15). The first-order chi connectivity index (χ1) is 8.20. The zero-order valence-corrected chi connectivity index (χ0v) is 9.85. The molecule has 0 spiro atoms. The van der Waals surface area contributed by atoms with Crippen LogP contribution in [0.1, 0.15) is 23.2 Å². The Kier molecular flexibility index (Phi) is 2.33. The molecule has 1 saturated carbocycles. The van der Waals surface area contributed by atoms with Crippen LogP contribution in [0.15, 0.2) is 0 Å². The molecule has 7 nitrogen and oxygen atoms in total. The van der Waals surface area contributed by atoms with Gasteiger partial charge in [-0.3, -0.25) is 4.79 Å². The van der Waals surface area contributed by atoms with Crippen LogP contribution in [0.2, 0.25) is 0 Å². The minimum absolute atomic E-state index is 0.0367. The molecule has 0 radical (unpaired) electrons. The van der Waals surface area contributed by atoms with E-state index in [-0.39, 0.29) is 11.8 Å². The van der Waals surface area contributed by atoms with Crippen molar-refractivity contribution in [2.24, 2.45) is 5.92 Å². The van der Waals surface area contributed by atoms with Gasteiger partial charge in [-0.25, -0.2) is 0 Å². The zero-order valence-electron chi connectivity index (χ0n) is 9.03. The number of carboxylic acid groups (broad SMARTS) is 1. The van der Waals surface area contributed by atoms with Crippen molar-refractivity contribution in [2.75, 3.05) is 7.11 Å². The van der Waals surface area contributed by atoms with Gasteiger partial charge >= 0.3 is 5.97 Å². The second-order valence-electron chi connectivity index (χ2n) is 3.97. The van der Waals surface area contributed by atoms with Crippen LogP contribution in [-0.4, -0.2) is 38.0 Å². The lowest BCUT2D eigenvalue weighted by Crippen LogP contribution is -2.00. The summed E-state index contributed by atoms with van der Waals surface area (Å²) in [6.07, 6.45) is 0.666. The van der Waals surface area contributed by atoms with Gasteiger partial charge in [0.2, 0.25) is 4.96 Å². The Bertz CT molecular complexity index is 578. The van der Waals surface area contributed by atoms with E-state index in [1.807, 2.05) is 0 Å². The van der Waals surface area contributed by atoms with Gasteiger partial charge in [0.1, 0.15) is 11.6 Å². The molecule has 8 heteroatoms. The van der Waals surface area contributed by atoms with E-state index in [4.69, 9.17) is 9.84 Å². The number of nitrogens with zero attached hydrogens (tertiary/aromatic N) is 4. The van der Waals surface area contributed by atoms with E-state index >= 15 is 0 Å². The maximum atomic E-state index is 10.8. The molecule has 1 aliphatic carbocycles. The summed E-state index contributed by atoms with van der Waals surface area (Å²) >= 11 is 1.40. The van der Waals surface area contributed by atoms with Crippen molar-refractivity contribution in [3.05, 3.63) is 10.8 Å². The lowest BCUT2D eigenvalue weighted by Gasteiger charge is -1.92. The number of hydrogen-bond donors (Lipinski definition) is 1. The molecule has 0 aliphatic heterocycles. The summed E-state index contributed by atoms with van der Waals surface area (Å²) in [6, 6.07) is 0. The van der Waals surface area contributed by atoms with Crippen molar-refractivity contribution in [3.63, 3.8) is 0 Å². The fraction of sp³-hybridized carbons (Fsp3) is 0.556. The third-order valence-electron chi connectivity index (χ3n) is 2.77. The van der Waals surface area contributed by atoms with E-state index in [0.29, 0.717) is 23.8 Å². The zero-order chi connectivity index (χ0) is 12.0. The average Bonchev–Trinajstić information content (AvgIpc) is 2.86. The van der Waals surface area contributed by atoms with Crippen LogP contribution in [0.25, 0.3) is 4.96 Å². The number of carboxylic acids is 1. The Morgan fingerprint density at radius 2 is 2.47 bits per heavy atom. The summed E-state index contributed by atoms with van der Waals surface area (Å²) in [4.78, 5) is 11.5. The van der Waals surface area contributed by atoms with Gasteiger partial charge in [0.15, 0.2) is 5.82 Å². The molecule has 0 aromatic carbocycles. The fourth-order valence-electron chi connectivity index (χ4n) is 1.78. The van der Waals surface area contributed by atoms with Gasteiger partial charge in [0.05, 0.1) is 5.92 Å². The molecule has 1 fully saturated rings. The SMILES string of the molecule is COCc1nnc2sc(C3CC3C(=O)O)nn12. The van der Waals surface area contributed by atoms with Crippen LogP contribution in [0.5, 0.6) is 0 Å². The Hall–Kier alpha value is -1.54. The van der Waals surface area contributed by atoms with Crippen LogP contribution in [0.4, 0.5) is 0 Å². The number of aromatic nitrogens is 4. The van der Waals surface area contributed by atoms with Crippen LogP contribution < -0.4 is 0 Å². The van der Waals surface area contributed by atoms with Crippen molar-refractivity contribution in [2.45, 2.75) is 18.9 Å². The third-order valence-corrected chi connectivity index (χ3v) is 3.80. The average molecular weight is 254 g/mol. The highest BCUT2D eigenvalue weighted by Crippen LogP contribution is 2.48. The topological polar surface area (TPSA) is 89.6 Å². The van der Waals surface area contributed by atoms with Gasteiger partial charge < -0.3 is 9.84 Å². The van der Waals surface area contributed by atoms with Gasteiger partial charge in [0.25, 0.3) is 0 Å². The van der Waals surface area contributed by atoms with Gasteiger partial charge in [-0.15, -0.1) is 10.2 Å². The minimum atomic E-state index is -0.752. The molecular weight excluding hydrogens is 244 g/mol. The highest BCUT2D eigenvalue weighted by Gasteiger charge is 2.46. The summed E-state index contributed by atoms with van der Waals surface area (Å²) < 4.78 is 6.61. The Morgan fingerprint density at radius 3 is 3.12 bits per heavy atom. The highest BCUT2D eigenvalue weighted by molar-refractivity contribution is 7.16. The second kappa shape index (κ2) is 3.74. The first-order valence-corrected chi connectivity index (χ1v) is 5.95. The number of fused-ring (bicyclic) bond motifs is 1. The van der Waals surface area contributed by atoms with Crippen LogP contribution in [0.3, 0.4) is 0 Å². The van der Waals surface area contributed by atoms with E-state index in [0.717, 1.165) is 5.01 Å². The van der Waals surface area contributed by atoms with Crippen LogP contribution >= 0.6 is 11.3 Å². The maximum absolute atomic E-state index is 10.8. The maximum Gasteiger partial charge on any atom is 0.307 e. The van der Waals surface area contributed by atoms with Gasteiger partial charge in [-0.1, -0.05) is 11.3 Å². The van der Waals surface area contributed by atoms with Crippen molar-refractivity contribution in [1.29, 1.82) is 0 Å². The van der Waals surface area contributed by atoms with Crippen molar-refractivity contribution >= 4 is 22.3 Å². The fourth-order valence-corrected chi connectivity index (χ4v) is 2.82. The van der Waals surface area contributed by atoms with E-state index < -0.39 is 5.97 Å². The molecule has 2 aromatic heterocycles. The Morgan fingerprint density at radius 1 is 1.65 bits per heavy atom. The molecule has 2 unspecified atom stereocenters. The quantitative estimate of drug-likeness (QED) is 0.855. The summed E-state index contributed by atoms with van der Waals surface area (Å²) in [5.41, 5.74) is 0. The van der Waals surface area contributed by atoms with Crippen molar-refractivity contribution < 1.29 is 14.6 Å². The van der Waals surface area contributed by atoms with Crippen molar-refractivity contribution in [1.82, 2.24) is 19.8 Å². The van der Waals surface area contributed by atoms with E-state index in [2.05, 4.69) is 15.3 Å². The summed E-state index contributed by atoms with van der Waals surface area (Å²) in [7, 11) is 1.58. The van der Waals surface area contributed by atoms with E-state index in [1.54, 1.807) is 11.6 Å². The molecule has 0 bridgehead atoms. The number of aliphatic carboxylic acids is 1. The molecule has 2 aromatic rings. The number of ether oxygens (including phenoxy) is 1. The smallest absolute Gasteiger partial charge is 0.307 e. The summed E-state index contributed by atoms with van der Waals surface area (Å²) in [5, 5.41) is 22.0. The molecule has 2 heterocycles. The molecule has 0 amide bonds. The lowest BCUT2D eigenvalue weighted by atomic mass is 10.3. The van der Waals surface area contributed by atoms with Crippen molar-refractivity contribution in [3.8, 4) is 0 Å². The highest BCUT2D eigenvalue weighted by atomic mass is 32.1. The first kappa shape index (κ1) is 10.6. The summed E-state index contributed by atoms with van der Waals surface area (Å²) in [5.74, 6) is -0.366. The third kappa shape index (κ3) is 1.69. The predicted octanol–water partition coefficient (Wildman–Crippen LogP) is 0.520. The molecule has 17 heavy (non-hydrogen) atoms. The molecular formula is C9H10N4O3S. The number of rotatable bonds is 4. The molecule has 1 aliphatic rings. The minimum Gasteiger partial charge on any atom is -0.481 e. The van der Waals surface area contributed by atoms with Crippen LogP contribution in [0, 0.1) is 5.92 Å². The Balaban J connectivity index is 1.90. The van der Waals surface area contributed by atoms with E-state index in [1.165, 1.54) is 11.3 Å². The molecule has 3 rings (SSSR count). The number of hydrogen-bond acceptors (Lipinski definition) is 6. The number of carbonyl (C=O) groups is 1. The number of methoxy groups -OCH3 is 1. The Labute approximate surface area is 100 Å². The first-order valence-electron chi connectivity index (χ1n) is 5.13. The molecule has 90 valence electrons. The largest absolute Gasteiger partial charge is 0.481 e. The predicted molar refractivity (Wildman–Crippen MR) is 57.9 cm³/mol. The lowest BCUT2D eigenvalue weighted by molar-refractivity contribution is -0.138. The molecule has 0 saturated heterocycles. The van der Waals surface area contributed by atoms with Gasteiger partial charge in [-0.2, -0.15) is 9.61 Å².